The van der Waals surface area contributed by atoms with Crippen LogP contribution in [-0.4, -0.2) is 53.9 Å². The molecule has 3 unspecified atom stereocenters. The van der Waals surface area contributed by atoms with Crippen LogP contribution < -0.4 is 5.73 Å². The predicted octanol–water partition coefficient (Wildman–Crippen LogP) is 0.112. The first-order valence-electron chi connectivity index (χ1n) is 6.36. The van der Waals surface area contributed by atoms with Crippen LogP contribution in [0.2, 0.25) is 0 Å². The molecular formula is C12H24N2O3. The maximum Gasteiger partial charge on any atom is 0.224 e. The third-order valence-electron chi connectivity index (χ3n) is 2.98. The lowest BCUT2D eigenvalue weighted by Gasteiger charge is -2.36. The lowest BCUT2D eigenvalue weighted by atomic mass is 10.1. The van der Waals surface area contributed by atoms with Gasteiger partial charge in [-0.3, -0.25) is 4.79 Å². The predicted molar refractivity (Wildman–Crippen MR) is 65.5 cm³/mol. The van der Waals surface area contributed by atoms with E-state index in [-0.39, 0.29) is 30.8 Å². The Kier molecular flexibility index (Phi) is 5.88. The largest absolute Gasteiger partial charge is 0.394 e. The Morgan fingerprint density at radius 1 is 1.59 bits per heavy atom. The fraction of sp³-hybridized carbons (Fsp3) is 0.917. The van der Waals surface area contributed by atoms with Crippen molar-refractivity contribution >= 4 is 5.91 Å². The van der Waals surface area contributed by atoms with Gasteiger partial charge >= 0.3 is 0 Å². The van der Waals surface area contributed by atoms with Gasteiger partial charge in [-0.25, -0.2) is 0 Å². The Morgan fingerprint density at radius 3 is 2.88 bits per heavy atom. The summed E-state index contributed by atoms with van der Waals surface area (Å²) in [6.45, 7) is 4.98. The molecule has 0 aromatic heterocycles. The molecule has 0 aromatic carbocycles. The van der Waals surface area contributed by atoms with E-state index in [9.17, 15) is 4.79 Å². The van der Waals surface area contributed by atoms with E-state index in [4.69, 9.17) is 15.6 Å². The molecule has 5 heteroatoms. The summed E-state index contributed by atoms with van der Waals surface area (Å²) in [7, 11) is 0. The van der Waals surface area contributed by atoms with Gasteiger partial charge in [0.2, 0.25) is 5.91 Å². The highest BCUT2D eigenvalue weighted by atomic mass is 16.5. The topological polar surface area (TPSA) is 75.8 Å². The normalized spacial score (nSPS) is 26.9. The molecule has 1 saturated heterocycles. The highest BCUT2D eigenvalue weighted by Crippen LogP contribution is 2.13. The van der Waals surface area contributed by atoms with Gasteiger partial charge in [-0.2, -0.15) is 0 Å². The first-order valence-corrected chi connectivity index (χ1v) is 6.36. The minimum absolute atomic E-state index is 0.0211. The zero-order valence-electron chi connectivity index (χ0n) is 10.8. The summed E-state index contributed by atoms with van der Waals surface area (Å²) in [6.07, 6.45) is 1.97. The van der Waals surface area contributed by atoms with Crippen molar-refractivity contribution in [3.8, 4) is 0 Å². The smallest absolute Gasteiger partial charge is 0.224 e. The molecule has 3 N–H and O–H groups in total. The lowest BCUT2D eigenvalue weighted by Crippen LogP contribution is -2.51. The van der Waals surface area contributed by atoms with E-state index in [0.29, 0.717) is 19.5 Å². The van der Waals surface area contributed by atoms with Crippen LogP contribution >= 0.6 is 0 Å². The molecule has 3 atom stereocenters. The Balaban J connectivity index is 2.44. The summed E-state index contributed by atoms with van der Waals surface area (Å²) in [5, 5.41) is 9.09. The van der Waals surface area contributed by atoms with Gasteiger partial charge in [0.15, 0.2) is 0 Å². The van der Waals surface area contributed by atoms with Crippen LogP contribution in [0.5, 0.6) is 0 Å². The van der Waals surface area contributed by atoms with Crippen LogP contribution in [0.25, 0.3) is 0 Å². The zero-order valence-corrected chi connectivity index (χ0v) is 10.8. The SMILES string of the molecule is CCCC(N)CC(=O)N1CC(C)OC(CO)C1. The van der Waals surface area contributed by atoms with Crippen LogP contribution in [0.3, 0.4) is 0 Å². The molecule has 1 aliphatic rings. The van der Waals surface area contributed by atoms with Gasteiger partial charge in [-0.15, -0.1) is 0 Å². The second-order valence-electron chi connectivity index (χ2n) is 4.80. The van der Waals surface area contributed by atoms with E-state index >= 15 is 0 Å². The van der Waals surface area contributed by atoms with Crippen LogP contribution in [0.4, 0.5) is 0 Å². The standard InChI is InChI=1S/C12H24N2O3/c1-3-4-10(13)5-12(16)14-6-9(2)17-11(7-14)8-15/h9-11,15H,3-8,13H2,1-2H3. The highest BCUT2D eigenvalue weighted by Gasteiger charge is 2.28. The molecular weight excluding hydrogens is 220 g/mol. The molecule has 1 heterocycles. The van der Waals surface area contributed by atoms with Crippen LogP contribution in [0.1, 0.15) is 33.1 Å². The number of nitrogens with two attached hydrogens (primary N) is 1. The van der Waals surface area contributed by atoms with E-state index in [1.165, 1.54) is 0 Å². The summed E-state index contributed by atoms with van der Waals surface area (Å²) in [5.74, 6) is 0.0690. The number of aliphatic hydroxyl groups is 1. The van der Waals surface area contributed by atoms with Crippen molar-refractivity contribution in [2.75, 3.05) is 19.7 Å². The molecule has 1 aliphatic heterocycles. The van der Waals surface area contributed by atoms with Crippen molar-refractivity contribution in [3.05, 3.63) is 0 Å². The van der Waals surface area contributed by atoms with Crippen molar-refractivity contribution in [2.24, 2.45) is 5.73 Å². The number of hydrogen-bond acceptors (Lipinski definition) is 4. The third-order valence-corrected chi connectivity index (χ3v) is 2.98. The highest BCUT2D eigenvalue weighted by molar-refractivity contribution is 5.77. The van der Waals surface area contributed by atoms with Crippen molar-refractivity contribution in [1.82, 2.24) is 4.90 Å². The van der Waals surface area contributed by atoms with E-state index in [1.54, 1.807) is 4.90 Å². The minimum Gasteiger partial charge on any atom is -0.394 e. The number of carbonyl (C=O) groups excluding carboxylic acids is 1. The maximum absolute atomic E-state index is 12.0. The fourth-order valence-electron chi connectivity index (χ4n) is 2.18. The number of rotatable bonds is 5. The molecule has 17 heavy (non-hydrogen) atoms. The summed E-state index contributed by atoms with van der Waals surface area (Å²) in [5.41, 5.74) is 5.87. The summed E-state index contributed by atoms with van der Waals surface area (Å²) >= 11 is 0. The number of ether oxygens (including phenoxy) is 1. The van der Waals surface area contributed by atoms with Crippen LogP contribution in [0.15, 0.2) is 0 Å². The van der Waals surface area contributed by atoms with E-state index in [2.05, 4.69) is 6.92 Å². The molecule has 0 saturated carbocycles. The zero-order chi connectivity index (χ0) is 12.8. The fourth-order valence-corrected chi connectivity index (χ4v) is 2.18. The van der Waals surface area contributed by atoms with Gasteiger partial charge in [0.05, 0.1) is 18.8 Å². The number of aliphatic hydroxyl groups excluding tert-OH is 1. The summed E-state index contributed by atoms with van der Waals surface area (Å²) < 4.78 is 5.49. The average molecular weight is 244 g/mol. The molecule has 1 rings (SSSR count). The first kappa shape index (κ1) is 14.4. The van der Waals surface area contributed by atoms with Gasteiger partial charge in [0, 0.05) is 25.6 Å². The monoisotopic (exact) mass is 244 g/mol. The lowest BCUT2D eigenvalue weighted by molar-refractivity contribution is -0.147. The first-order chi connectivity index (χ1) is 8.06. The Bertz CT molecular complexity index is 248. The van der Waals surface area contributed by atoms with Crippen molar-refractivity contribution in [3.63, 3.8) is 0 Å². The quantitative estimate of drug-likeness (QED) is 0.720. The summed E-state index contributed by atoms with van der Waals surface area (Å²) in [6, 6.07) is -0.0572. The Hall–Kier alpha value is -0.650. The molecule has 0 aliphatic carbocycles. The number of morpholine rings is 1. The van der Waals surface area contributed by atoms with E-state index < -0.39 is 0 Å². The molecule has 1 fully saturated rings. The average Bonchev–Trinajstić information content (AvgIpc) is 2.28. The van der Waals surface area contributed by atoms with E-state index in [0.717, 1.165) is 12.8 Å². The molecule has 5 nitrogen and oxygen atoms in total. The van der Waals surface area contributed by atoms with Gasteiger partial charge in [-0.1, -0.05) is 13.3 Å². The second kappa shape index (κ2) is 6.93. The van der Waals surface area contributed by atoms with Gasteiger partial charge in [0.1, 0.15) is 0 Å². The van der Waals surface area contributed by atoms with Crippen molar-refractivity contribution in [2.45, 2.75) is 51.4 Å². The molecule has 1 amide bonds. The van der Waals surface area contributed by atoms with Gasteiger partial charge < -0.3 is 20.5 Å². The Labute approximate surface area is 103 Å². The molecule has 100 valence electrons. The number of nitrogens with zero attached hydrogens (tertiary/aromatic N) is 1. The van der Waals surface area contributed by atoms with Gasteiger partial charge in [-0.05, 0) is 13.3 Å². The van der Waals surface area contributed by atoms with Crippen LogP contribution in [0, 0.1) is 0 Å². The molecule has 0 aromatic rings. The molecule has 0 radical (unpaired) electrons. The second-order valence-corrected chi connectivity index (χ2v) is 4.80. The van der Waals surface area contributed by atoms with Crippen LogP contribution in [-0.2, 0) is 9.53 Å². The molecule has 0 spiro atoms. The maximum atomic E-state index is 12.0. The van der Waals surface area contributed by atoms with Gasteiger partial charge in [0.25, 0.3) is 0 Å². The third kappa shape index (κ3) is 4.61. The van der Waals surface area contributed by atoms with Crippen molar-refractivity contribution < 1.29 is 14.6 Å². The molecule has 0 bridgehead atoms. The Morgan fingerprint density at radius 2 is 2.29 bits per heavy atom. The number of amides is 1. The number of hydrogen-bond donors (Lipinski definition) is 2. The van der Waals surface area contributed by atoms with E-state index in [1.807, 2.05) is 6.92 Å². The minimum atomic E-state index is -0.259. The number of carbonyl (C=O) groups is 1. The summed E-state index contributed by atoms with van der Waals surface area (Å²) in [4.78, 5) is 13.8. The van der Waals surface area contributed by atoms with Crippen molar-refractivity contribution in [1.29, 1.82) is 0 Å².